The summed E-state index contributed by atoms with van der Waals surface area (Å²) in [5.41, 5.74) is 2.42. The summed E-state index contributed by atoms with van der Waals surface area (Å²) in [6.07, 6.45) is 3.05. The lowest BCUT2D eigenvalue weighted by atomic mass is 9.98. The monoisotopic (exact) mass is 257 g/mol. The van der Waals surface area contributed by atoms with Crippen LogP contribution in [-0.2, 0) is 6.42 Å². The van der Waals surface area contributed by atoms with Gasteiger partial charge in [-0.05, 0) is 51.8 Å². The third-order valence-corrected chi connectivity index (χ3v) is 4.22. The number of hydrogen-bond acceptors (Lipinski definition) is 3. The predicted molar refractivity (Wildman–Crippen MR) is 79.3 cm³/mol. The van der Waals surface area contributed by atoms with Gasteiger partial charge in [0.25, 0.3) is 0 Å². The number of rotatable bonds is 5. The van der Waals surface area contributed by atoms with Crippen LogP contribution in [0, 0.1) is 11.3 Å². The molecule has 102 valence electrons. The smallest absolute Gasteiger partial charge is 0.103 e. The second-order valence-electron chi connectivity index (χ2n) is 5.67. The van der Waals surface area contributed by atoms with Gasteiger partial charge in [0.1, 0.15) is 5.54 Å². The van der Waals surface area contributed by atoms with E-state index < -0.39 is 5.54 Å². The molecule has 1 aliphatic heterocycles. The fourth-order valence-corrected chi connectivity index (χ4v) is 2.81. The largest absolute Gasteiger partial charge is 0.368 e. The molecule has 3 nitrogen and oxygen atoms in total. The van der Waals surface area contributed by atoms with E-state index in [2.05, 4.69) is 47.5 Å². The lowest BCUT2D eigenvalue weighted by Gasteiger charge is -2.27. The molecule has 2 unspecified atom stereocenters. The molecule has 1 aliphatic rings. The standard InChI is InChI=1S/C16H23N3/c1-13-11-14-7-4-5-8-15(14)19(13)10-6-9-16(2,12-17)18-3/h4-5,7-8,13,18H,6,9-11H2,1-3H3. The van der Waals surface area contributed by atoms with Gasteiger partial charge >= 0.3 is 0 Å². The molecule has 0 fully saturated rings. The Morgan fingerprint density at radius 2 is 2.21 bits per heavy atom. The summed E-state index contributed by atoms with van der Waals surface area (Å²) in [6.45, 7) is 5.27. The van der Waals surface area contributed by atoms with Gasteiger partial charge in [-0.15, -0.1) is 0 Å². The second-order valence-corrected chi connectivity index (χ2v) is 5.67. The van der Waals surface area contributed by atoms with Gasteiger partial charge in [0.05, 0.1) is 6.07 Å². The Labute approximate surface area is 116 Å². The molecule has 1 aromatic rings. The van der Waals surface area contributed by atoms with Crippen molar-refractivity contribution in [3.05, 3.63) is 29.8 Å². The number of nitrogens with zero attached hydrogens (tertiary/aromatic N) is 2. The number of fused-ring (bicyclic) bond motifs is 1. The summed E-state index contributed by atoms with van der Waals surface area (Å²) in [7, 11) is 1.86. The van der Waals surface area contributed by atoms with E-state index in [1.807, 2.05) is 14.0 Å². The molecule has 19 heavy (non-hydrogen) atoms. The van der Waals surface area contributed by atoms with Gasteiger partial charge in [-0.2, -0.15) is 5.26 Å². The Balaban J connectivity index is 1.96. The Morgan fingerprint density at radius 1 is 1.47 bits per heavy atom. The van der Waals surface area contributed by atoms with Crippen LogP contribution < -0.4 is 10.2 Å². The van der Waals surface area contributed by atoms with Crippen LogP contribution in [0.1, 0.15) is 32.3 Å². The third-order valence-electron chi connectivity index (χ3n) is 4.22. The zero-order valence-electron chi connectivity index (χ0n) is 12.1. The van der Waals surface area contributed by atoms with E-state index in [0.717, 1.165) is 25.8 Å². The highest BCUT2D eigenvalue weighted by Gasteiger charge is 2.26. The molecule has 1 N–H and O–H groups in total. The van der Waals surface area contributed by atoms with Crippen LogP contribution >= 0.6 is 0 Å². The van der Waals surface area contributed by atoms with Gasteiger partial charge in [0.15, 0.2) is 0 Å². The van der Waals surface area contributed by atoms with Gasteiger partial charge in [0, 0.05) is 18.3 Å². The molecule has 2 rings (SSSR count). The van der Waals surface area contributed by atoms with Crippen LogP contribution in [0.2, 0.25) is 0 Å². The van der Waals surface area contributed by atoms with E-state index in [-0.39, 0.29) is 0 Å². The van der Waals surface area contributed by atoms with Gasteiger partial charge < -0.3 is 10.2 Å². The number of nitriles is 1. The van der Waals surface area contributed by atoms with Crippen molar-refractivity contribution in [1.82, 2.24) is 5.32 Å². The van der Waals surface area contributed by atoms with Crippen molar-refractivity contribution in [2.75, 3.05) is 18.5 Å². The molecule has 0 saturated carbocycles. The number of nitrogens with one attached hydrogen (secondary N) is 1. The predicted octanol–water partition coefficient (Wildman–Crippen LogP) is 2.72. The summed E-state index contributed by atoms with van der Waals surface area (Å²) in [6, 6.07) is 11.6. The maximum atomic E-state index is 9.16. The topological polar surface area (TPSA) is 39.1 Å². The third kappa shape index (κ3) is 2.90. The van der Waals surface area contributed by atoms with E-state index >= 15 is 0 Å². The Kier molecular flexibility index (Phi) is 4.11. The summed E-state index contributed by atoms with van der Waals surface area (Å²) in [4.78, 5) is 2.47. The van der Waals surface area contributed by atoms with Crippen LogP contribution in [-0.4, -0.2) is 25.2 Å². The minimum Gasteiger partial charge on any atom is -0.368 e. The van der Waals surface area contributed by atoms with Crippen LogP contribution in [0.3, 0.4) is 0 Å². The average molecular weight is 257 g/mol. The number of hydrogen-bond donors (Lipinski definition) is 1. The molecule has 1 heterocycles. The lowest BCUT2D eigenvalue weighted by molar-refractivity contribution is 0.437. The maximum Gasteiger partial charge on any atom is 0.103 e. The molecule has 2 atom stereocenters. The van der Waals surface area contributed by atoms with Crippen LogP contribution in [0.15, 0.2) is 24.3 Å². The molecule has 0 radical (unpaired) electrons. The Bertz CT molecular complexity index is 477. The molecule has 0 amide bonds. The minimum atomic E-state index is -0.400. The fraction of sp³-hybridized carbons (Fsp3) is 0.562. The van der Waals surface area contributed by atoms with Crippen LogP contribution in [0.4, 0.5) is 5.69 Å². The van der Waals surface area contributed by atoms with Crippen molar-refractivity contribution in [3.63, 3.8) is 0 Å². The number of para-hydroxylation sites is 1. The molecular weight excluding hydrogens is 234 g/mol. The molecule has 0 saturated heterocycles. The highest BCUT2D eigenvalue weighted by Crippen LogP contribution is 2.32. The first-order valence-corrected chi connectivity index (χ1v) is 7.04. The normalized spacial score (nSPS) is 20.7. The first kappa shape index (κ1) is 13.9. The summed E-state index contributed by atoms with van der Waals surface area (Å²) >= 11 is 0. The van der Waals surface area contributed by atoms with E-state index in [9.17, 15) is 0 Å². The van der Waals surface area contributed by atoms with Gasteiger partial charge in [0.2, 0.25) is 0 Å². The highest BCUT2D eigenvalue weighted by atomic mass is 15.2. The maximum absolute atomic E-state index is 9.16. The average Bonchev–Trinajstić information content (AvgIpc) is 2.75. The molecule has 0 aromatic heterocycles. The van der Waals surface area contributed by atoms with Crippen molar-refractivity contribution < 1.29 is 0 Å². The van der Waals surface area contributed by atoms with Gasteiger partial charge in [-0.25, -0.2) is 0 Å². The molecule has 0 bridgehead atoms. The first-order valence-electron chi connectivity index (χ1n) is 7.04. The van der Waals surface area contributed by atoms with E-state index in [1.54, 1.807) is 0 Å². The van der Waals surface area contributed by atoms with Crippen molar-refractivity contribution in [3.8, 4) is 6.07 Å². The zero-order chi connectivity index (χ0) is 13.9. The van der Waals surface area contributed by atoms with E-state index in [4.69, 9.17) is 5.26 Å². The SMILES string of the molecule is CNC(C)(C#N)CCCN1c2ccccc2CC1C. The quantitative estimate of drug-likeness (QED) is 0.881. The van der Waals surface area contributed by atoms with Crippen LogP contribution in [0.25, 0.3) is 0 Å². The molecule has 0 aliphatic carbocycles. The summed E-state index contributed by atoms with van der Waals surface area (Å²) in [5, 5.41) is 12.3. The Hall–Kier alpha value is -1.53. The van der Waals surface area contributed by atoms with Gasteiger partial charge in [-0.1, -0.05) is 18.2 Å². The van der Waals surface area contributed by atoms with Crippen molar-refractivity contribution in [2.45, 2.75) is 44.7 Å². The molecule has 3 heteroatoms. The molecule has 1 aromatic carbocycles. The molecule has 0 spiro atoms. The molecular formula is C16H23N3. The van der Waals surface area contributed by atoms with Crippen LogP contribution in [0.5, 0.6) is 0 Å². The second kappa shape index (κ2) is 5.63. The lowest BCUT2D eigenvalue weighted by Crippen LogP contribution is -2.39. The summed E-state index contributed by atoms with van der Waals surface area (Å²) < 4.78 is 0. The van der Waals surface area contributed by atoms with Gasteiger partial charge in [-0.3, -0.25) is 0 Å². The Morgan fingerprint density at radius 3 is 2.89 bits per heavy atom. The summed E-state index contributed by atoms with van der Waals surface area (Å²) in [5.74, 6) is 0. The minimum absolute atomic E-state index is 0.400. The highest BCUT2D eigenvalue weighted by molar-refractivity contribution is 5.59. The zero-order valence-corrected chi connectivity index (χ0v) is 12.1. The van der Waals surface area contributed by atoms with E-state index in [1.165, 1.54) is 11.3 Å². The number of anilines is 1. The van der Waals surface area contributed by atoms with Crippen molar-refractivity contribution in [1.29, 1.82) is 5.26 Å². The first-order chi connectivity index (χ1) is 9.09. The van der Waals surface area contributed by atoms with Crippen molar-refractivity contribution in [2.24, 2.45) is 0 Å². The van der Waals surface area contributed by atoms with Crippen molar-refractivity contribution >= 4 is 5.69 Å². The number of benzene rings is 1. The van der Waals surface area contributed by atoms with E-state index in [0.29, 0.717) is 6.04 Å². The fourth-order valence-electron chi connectivity index (χ4n) is 2.81.